The summed E-state index contributed by atoms with van der Waals surface area (Å²) in [5.41, 5.74) is 2.81. The van der Waals surface area contributed by atoms with Crippen molar-refractivity contribution in [2.45, 2.75) is 24.5 Å². The van der Waals surface area contributed by atoms with Crippen LogP contribution < -0.4 is 11.3 Å². The highest BCUT2D eigenvalue weighted by atomic mass is 16.6. The van der Waals surface area contributed by atoms with Crippen molar-refractivity contribution in [2.24, 2.45) is 5.84 Å². The van der Waals surface area contributed by atoms with Gasteiger partial charge >= 0.3 is 0 Å². The molecule has 0 spiro atoms. The van der Waals surface area contributed by atoms with Gasteiger partial charge in [0.2, 0.25) is 0 Å². The molecular formula is C10H14N6O4. The number of nitrogens with zero attached hydrogens (tertiary/aromatic N) is 4. The number of aromatic nitrogens is 4. The minimum atomic E-state index is -1.22. The fourth-order valence-electron chi connectivity index (χ4n) is 2.25. The van der Waals surface area contributed by atoms with Gasteiger partial charge in [-0.1, -0.05) is 0 Å². The van der Waals surface area contributed by atoms with E-state index in [0.29, 0.717) is 16.9 Å². The number of aliphatic hydroxyl groups is 3. The van der Waals surface area contributed by atoms with E-state index < -0.39 is 31.1 Å². The van der Waals surface area contributed by atoms with E-state index in [-0.39, 0.29) is 0 Å². The van der Waals surface area contributed by atoms with Gasteiger partial charge in [0, 0.05) is 0 Å². The predicted molar refractivity (Wildman–Crippen MR) is 66.1 cm³/mol. The average molecular weight is 282 g/mol. The zero-order chi connectivity index (χ0) is 14.3. The molecule has 0 radical (unpaired) electrons. The van der Waals surface area contributed by atoms with Gasteiger partial charge in [-0.25, -0.2) is 20.5 Å². The second-order valence-electron chi connectivity index (χ2n) is 4.42. The summed E-state index contributed by atoms with van der Waals surface area (Å²) in [5.74, 6) is 5.72. The smallest absolute Gasteiger partial charge is 0.181 e. The van der Waals surface area contributed by atoms with E-state index in [0.717, 1.165) is 0 Å². The van der Waals surface area contributed by atoms with Crippen molar-refractivity contribution in [3.05, 3.63) is 12.5 Å². The van der Waals surface area contributed by atoms with Gasteiger partial charge in [0.05, 0.1) is 18.2 Å². The Kier molecular flexibility index (Phi) is 3.23. The highest BCUT2D eigenvalue weighted by Gasteiger charge is 2.44. The Labute approximate surface area is 112 Å². The van der Waals surface area contributed by atoms with Crippen molar-refractivity contribution in [1.82, 2.24) is 19.7 Å². The summed E-state index contributed by atoms with van der Waals surface area (Å²) in [5, 5.41) is 33.5. The van der Waals surface area contributed by atoms with Gasteiger partial charge < -0.3 is 25.5 Å². The third-order valence-electron chi connectivity index (χ3n) is 3.29. The van der Waals surface area contributed by atoms with Crippen molar-refractivity contribution >= 4 is 16.9 Å². The lowest BCUT2D eigenvalue weighted by molar-refractivity contribution is -0.0566. The number of nitrogens with two attached hydrogens (primary N) is 1. The highest BCUT2D eigenvalue weighted by Crippen LogP contribution is 2.31. The molecule has 0 aromatic carbocycles. The van der Waals surface area contributed by atoms with Crippen LogP contribution in [0.3, 0.4) is 0 Å². The molecule has 0 unspecified atom stereocenters. The summed E-state index contributed by atoms with van der Waals surface area (Å²) >= 11 is 0. The van der Waals surface area contributed by atoms with Gasteiger partial charge in [-0.3, -0.25) is 0 Å². The number of hydrogen-bond donors (Lipinski definition) is 5. The number of nitrogens with one attached hydrogen (secondary N) is 1. The second-order valence-corrected chi connectivity index (χ2v) is 4.42. The average Bonchev–Trinajstić information content (AvgIpc) is 3.01. The van der Waals surface area contributed by atoms with Crippen LogP contribution in [-0.2, 0) is 4.74 Å². The molecule has 2 aromatic rings. The zero-order valence-electron chi connectivity index (χ0n) is 10.3. The Morgan fingerprint density at radius 1 is 1.35 bits per heavy atom. The quantitative estimate of drug-likeness (QED) is 0.310. The van der Waals surface area contributed by atoms with Crippen LogP contribution in [0.4, 0.5) is 5.82 Å². The molecule has 1 saturated heterocycles. The first-order valence-electron chi connectivity index (χ1n) is 5.94. The maximum absolute atomic E-state index is 9.99. The standard InChI is InChI=1S/C10H14N6O4/c11-15-8-4-1-14-16(9(4)13-3-12-8)10-7(19)6(18)5(2-17)20-10/h1,3,5-7,10,17-19H,2,11H2,(H,12,13,15)/t5-,6-,7-,10-/m1/s1. The molecule has 6 N–H and O–H groups in total. The van der Waals surface area contributed by atoms with E-state index in [9.17, 15) is 10.2 Å². The third-order valence-corrected chi connectivity index (χ3v) is 3.29. The number of ether oxygens (including phenoxy) is 1. The van der Waals surface area contributed by atoms with E-state index in [1.54, 1.807) is 0 Å². The first-order valence-corrected chi connectivity index (χ1v) is 5.94. The largest absolute Gasteiger partial charge is 0.394 e. The van der Waals surface area contributed by atoms with Crippen molar-refractivity contribution < 1.29 is 20.1 Å². The molecule has 10 nitrogen and oxygen atoms in total. The van der Waals surface area contributed by atoms with Gasteiger partial charge in [0.25, 0.3) is 0 Å². The predicted octanol–water partition coefficient (Wildman–Crippen LogP) is -2.28. The lowest BCUT2D eigenvalue weighted by Gasteiger charge is -2.15. The van der Waals surface area contributed by atoms with Crippen molar-refractivity contribution in [3.8, 4) is 0 Å². The molecule has 10 heteroatoms. The minimum Gasteiger partial charge on any atom is -0.394 e. The Morgan fingerprint density at radius 2 is 2.15 bits per heavy atom. The van der Waals surface area contributed by atoms with Crippen LogP contribution in [0.25, 0.3) is 11.0 Å². The Hall–Kier alpha value is -1.85. The van der Waals surface area contributed by atoms with Gasteiger partial charge in [-0.15, -0.1) is 0 Å². The molecule has 0 saturated carbocycles. The fraction of sp³-hybridized carbons (Fsp3) is 0.500. The number of hydrogen-bond acceptors (Lipinski definition) is 9. The molecule has 0 bridgehead atoms. The molecule has 1 fully saturated rings. The topological polar surface area (TPSA) is 152 Å². The highest BCUT2D eigenvalue weighted by molar-refractivity contribution is 5.85. The molecule has 20 heavy (non-hydrogen) atoms. The van der Waals surface area contributed by atoms with Gasteiger partial charge in [0.15, 0.2) is 17.7 Å². The molecule has 1 aliphatic rings. The van der Waals surface area contributed by atoms with E-state index >= 15 is 0 Å². The molecule has 4 atom stereocenters. The molecule has 0 amide bonds. The Morgan fingerprint density at radius 3 is 2.80 bits per heavy atom. The summed E-state index contributed by atoms with van der Waals surface area (Å²) in [7, 11) is 0. The normalized spacial score (nSPS) is 30.0. The van der Waals surface area contributed by atoms with Crippen LogP contribution in [0, 0.1) is 0 Å². The van der Waals surface area contributed by atoms with Crippen molar-refractivity contribution in [3.63, 3.8) is 0 Å². The fourth-order valence-corrected chi connectivity index (χ4v) is 2.25. The van der Waals surface area contributed by atoms with Gasteiger partial charge in [-0.2, -0.15) is 5.10 Å². The van der Waals surface area contributed by atoms with Crippen molar-refractivity contribution in [2.75, 3.05) is 12.0 Å². The minimum absolute atomic E-state index is 0.382. The summed E-state index contributed by atoms with van der Waals surface area (Å²) in [4.78, 5) is 8.00. The summed E-state index contributed by atoms with van der Waals surface area (Å²) < 4.78 is 6.72. The molecule has 3 rings (SSSR count). The van der Waals surface area contributed by atoms with E-state index in [4.69, 9.17) is 15.7 Å². The number of anilines is 1. The van der Waals surface area contributed by atoms with Crippen molar-refractivity contribution in [1.29, 1.82) is 0 Å². The van der Waals surface area contributed by atoms with Crippen LogP contribution in [-0.4, -0.2) is 60.0 Å². The number of nitrogen functional groups attached to an aromatic ring is 1. The van der Waals surface area contributed by atoms with E-state index in [1.807, 2.05) is 0 Å². The van der Waals surface area contributed by atoms with E-state index in [1.165, 1.54) is 17.2 Å². The monoisotopic (exact) mass is 282 g/mol. The maximum atomic E-state index is 9.99. The van der Waals surface area contributed by atoms with Crippen LogP contribution in [0.2, 0.25) is 0 Å². The first-order chi connectivity index (χ1) is 9.67. The molecule has 1 aliphatic heterocycles. The van der Waals surface area contributed by atoms with Crippen LogP contribution in [0.15, 0.2) is 12.5 Å². The number of hydrazine groups is 1. The zero-order valence-corrected chi connectivity index (χ0v) is 10.3. The maximum Gasteiger partial charge on any atom is 0.181 e. The molecule has 0 aliphatic carbocycles. The van der Waals surface area contributed by atoms with Crippen LogP contribution in [0.5, 0.6) is 0 Å². The molecule has 2 aromatic heterocycles. The number of rotatable bonds is 3. The molecule has 108 valence electrons. The molecular weight excluding hydrogens is 268 g/mol. The Bertz CT molecular complexity index is 619. The van der Waals surface area contributed by atoms with Crippen LogP contribution in [0.1, 0.15) is 6.23 Å². The Balaban J connectivity index is 2.03. The number of aliphatic hydroxyl groups excluding tert-OH is 3. The third kappa shape index (κ3) is 1.82. The lowest BCUT2D eigenvalue weighted by Crippen LogP contribution is -2.33. The summed E-state index contributed by atoms with van der Waals surface area (Å²) in [6, 6.07) is 0. The van der Waals surface area contributed by atoms with Gasteiger partial charge in [-0.05, 0) is 0 Å². The van der Waals surface area contributed by atoms with E-state index in [2.05, 4.69) is 20.5 Å². The SMILES string of the molecule is NNc1ncnc2c1cnn2[C@@H]1O[C@H](CO)[C@@H](O)[C@H]1O. The summed E-state index contributed by atoms with van der Waals surface area (Å²) in [6.45, 7) is -0.404. The first kappa shape index (κ1) is 13.1. The molecule has 3 heterocycles. The summed E-state index contributed by atoms with van der Waals surface area (Å²) in [6.07, 6.45) is -1.47. The lowest BCUT2D eigenvalue weighted by atomic mass is 10.1. The second kappa shape index (κ2) is 4.92. The van der Waals surface area contributed by atoms with Gasteiger partial charge in [0.1, 0.15) is 24.6 Å². The number of fused-ring (bicyclic) bond motifs is 1. The van der Waals surface area contributed by atoms with Crippen LogP contribution >= 0.6 is 0 Å².